The molecular weight excluding hydrogens is 392 g/mol. The number of hydrogen-bond acceptors (Lipinski definition) is 3. The van der Waals surface area contributed by atoms with Gasteiger partial charge in [0.1, 0.15) is 5.54 Å². The highest BCUT2D eigenvalue weighted by atomic mass is 16.2. The summed E-state index contributed by atoms with van der Waals surface area (Å²) in [7, 11) is 0. The number of hydrogen-bond donors (Lipinski definition) is 3. The SMILES string of the molecule is C[C@]1(c2ccccc2)NC(=O)N(NC(=O)c2ccc3[nH]c4c(c3c2)CCCCC4)C1=O. The van der Waals surface area contributed by atoms with Gasteiger partial charge in [-0.1, -0.05) is 36.8 Å². The smallest absolute Gasteiger partial charge is 0.344 e. The average Bonchev–Trinajstić information content (AvgIpc) is 3.10. The van der Waals surface area contributed by atoms with E-state index in [9.17, 15) is 14.4 Å². The van der Waals surface area contributed by atoms with Crippen LogP contribution in [0.5, 0.6) is 0 Å². The Balaban J connectivity index is 1.41. The van der Waals surface area contributed by atoms with Crippen molar-refractivity contribution in [3.63, 3.8) is 0 Å². The first-order valence-electron chi connectivity index (χ1n) is 10.6. The summed E-state index contributed by atoms with van der Waals surface area (Å²) in [6.07, 6.45) is 5.52. The van der Waals surface area contributed by atoms with E-state index >= 15 is 0 Å². The normalized spacial score (nSPS) is 21.0. The van der Waals surface area contributed by atoms with E-state index in [4.69, 9.17) is 0 Å². The molecule has 1 aromatic heterocycles. The predicted octanol–water partition coefficient (Wildman–Crippen LogP) is 3.55. The van der Waals surface area contributed by atoms with Crippen LogP contribution in [0.3, 0.4) is 0 Å². The number of benzene rings is 2. The molecule has 1 saturated heterocycles. The van der Waals surface area contributed by atoms with Gasteiger partial charge in [0.15, 0.2) is 0 Å². The predicted molar refractivity (Wildman–Crippen MR) is 116 cm³/mol. The van der Waals surface area contributed by atoms with Gasteiger partial charge < -0.3 is 10.3 Å². The topological polar surface area (TPSA) is 94.3 Å². The number of fused-ring (bicyclic) bond motifs is 3. The lowest BCUT2D eigenvalue weighted by atomic mass is 9.92. The molecule has 3 N–H and O–H groups in total. The quantitative estimate of drug-likeness (QED) is 0.450. The van der Waals surface area contributed by atoms with Crippen molar-refractivity contribution in [1.82, 2.24) is 20.7 Å². The summed E-state index contributed by atoms with van der Waals surface area (Å²) in [6.45, 7) is 1.63. The third kappa shape index (κ3) is 3.17. The Morgan fingerprint density at radius 3 is 2.61 bits per heavy atom. The van der Waals surface area contributed by atoms with E-state index in [1.165, 1.54) is 24.1 Å². The zero-order valence-corrected chi connectivity index (χ0v) is 17.3. The van der Waals surface area contributed by atoms with E-state index in [0.717, 1.165) is 35.2 Å². The van der Waals surface area contributed by atoms with Crippen molar-refractivity contribution in [3.8, 4) is 0 Å². The van der Waals surface area contributed by atoms with Gasteiger partial charge in [-0.25, -0.2) is 4.79 Å². The molecule has 1 fully saturated rings. The number of rotatable bonds is 3. The molecule has 0 spiro atoms. The van der Waals surface area contributed by atoms with E-state index in [-0.39, 0.29) is 0 Å². The van der Waals surface area contributed by atoms with Crippen molar-refractivity contribution in [3.05, 3.63) is 70.9 Å². The van der Waals surface area contributed by atoms with Gasteiger partial charge in [-0.15, -0.1) is 0 Å². The number of imide groups is 1. The lowest BCUT2D eigenvalue weighted by Crippen LogP contribution is -2.47. The lowest BCUT2D eigenvalue weighted by Gasteiger charge is -2.22. The van der Waals surface area contributed by atoms with Crippen molar-refractivity contribution < 1.29 is 14.4 Å². The Bertz CT molecular complexity index is 1200. The Labute approximate surface area is 179 Å². The van der Waals surface area contributed by atoms with Gasteiger partial charge in [-0.2, -0.15) is 5.01 Å². The largest absolute Gasteiger partial charge is 0.358 e. The standard InChI is InChI=1S/C24H24N4O3/c1-24(16-8-4-2-5-9-16)22(30)28(23(31)26-24)27-21(29)15-12-13-20-18(14-15)17-10-6-3-7-11-19(17)25-20/h2,4-5,8-9,12-14,25H,3,6-7,10-11H2,1H3,(H,26,31)(H,27,29)/t24-/m1/s1. The van der Waals surface area contributed by atoms with Gasteiger partial charge in [0, 0.05) is 22.2 Å². The number of aryl methyl sites for hydroxylation is 2. The fourth-order valence-electron chi connectivity index (χ4n) is 4.60. The number of urea groups is 1. The van der Waals surface area contributed by atoms with Crippen LogP contribution in [0.4, 0.5) is 4.79 Å². The van der Waals surface area contributed by atoms with Gasteiger partial charge in [-0.05, 0) is 61.9 Å². The van der Waals surface area contributed by atoms with E-state index in [1.807, 2.05) is 18.2 Å². The van der Waals surface area contributed by atoms with Gasteiger partial charge in [0.25, 0.3) is 11.8 Å². The molecule has 4 amide bonds. The van der Waals surface area contributed by atoms with Crippen molar-refractivity contribution in [2.45, 2.75) is 44.6 Å². The summed E-state index contributed by atoms with van der Waals surface area (Å²) in [5, 5.41) is 4.51. The van der Waals surface area contributed by atoms with Crippen LogP contribution in [0.2, 0.25) is 0 Å². The number of carbonyl (C=O) groups excluding carboxylic acids is 3. The molecular formula is C24H24N4O3. The summed E-state index contributed by atoms with van der Waals surface area (Å²) >= 11 is 0. The molecule has 2 heterocycles. The second kappa shape index (κ2) is 7.27. The lowest BCUT2D eigenvalue weighted by molar-refractivity contribution is -0.132. The molecule has 1 aliphatic heterocycles. The molecule has 2 aliphatic rings. The van der Waals surface area contributed by atoms with Crippen LogP contribution in [0.1, 0.15) is 53.4 Å². The molecule has 2 aromatic carbocycles. The summed E-state index contributed by atoms with van der Waals surface area (Å²) < 4.78 is 0. The first kappa shape index (κ1) is 19.4. The second-order valence-electron chi connectivity index (χ2n) is 8.41. The van der Waals surface area contributed by atoms with Gasteiger partial charge in [-0.3, -0.25) is 15.0 Å². The van der Waals surface area contributed by atoms with Crippen LogP contribution >= 0.6 is 0 Å². The molecule has 5 rings (SSSR count). The van der Waals surface area contributed by atoms with Crippen molar-refractivity contribution in [2.75, 3.05) is 0 Å². The minimum absolute atomic E-state index is 0.410. The van der Waals surface area contributed by atoms with Crippen molar-refractivity contribution in [2.24, 2.45) is 0 Å². The summed E-state index contributed by atoms with van der Waals surface area (Å²) in [4.78, 5) is 42.0. The summed E-state index contributed by atoms with van der Waals surface area (Å²) in [6, 6.07) is 13.8. The Morgan fingerprint density at radius 2 is 1.81 bits per heavy atom. The summed E-state index contributed by atoms with van der Waals surface area (Å²) in [5.41, 5.74) is 5.86. The number of amides is 4. The number of carbonyl (C=O) groups is 3. The molecule has 1 aliphatic carbocycles. The number of hydrazine groups is 1. The van der Waals surface area contributed by atoms with Crippen LogP contribution in [0.25, 0.3) is 10.9 Å². The maximum Gasteiger partial charge on any atom is 0.344 e. The van der Waals surface area contributed by atoms with E-state index in [0.29, 0.717) is 11.1 Å². The molecule has 1 atom stereocenters. The number of aromatic amines is 1. The first-order chi connectivity index (χ1) is 15.0. The minimum Gasteiger partial charge on any atom is -0.358 e. The maximum absolute atomic E-state index is 13.0. The molecule has 158 valence electrons. The second-order valence-corrected chi connectivity index (χ2v) is 8.41. The molecule has 0 unspecified atom stereocenters. The Kier molecular flexibility index (Phi) is 4.54. The third-order valence-electron chi connectivity index (χ3n) is 6.37. The van der Waals surface area contributed by atoms with Crippen LogP contribution in [0, 0.1) is 0 Å². The Morgan fingerprint density at radius 1 is 1.03 bits per heavy atom. The molecule has 0 bridgehead atoms. The fraction of sp³-hybridized carbons (Fsp3) is 0.292. The zero-order valence-electron chi connectivity index (χ0n) is 17.3. The maximum atomic E-state index is 13.0. The molecule has 3 aromatic rings. The fourth-order valence-corrected chi connectivity index (χ4v) is 4.60. The molecule has 31 heavy (non-hydrogen) atoms. The third-order valence-corrected chi connectivity index (χ3v) is 6.37. The van der Waals surface area contributed by atoms with Crippen LogP contribution in [-0.2, 0) is 23.2 Å². The highest BCUT2D eigenvalue weighted by molar-refractivity contribution is 6.09. The number of nitrogens with zero attached hydrogens (tertiary/aromatic N) is 1. The number of aromatic nitrogens is 1. The first-order valence-corrected chi connectivity index (χ1v) is 10.6. The van der Waals surface area contributed by atoms with Crippen molar-refractivity contribution >= 4 is 28.7 Å². The monoisotopic (exact) mass is 416 g/mol. The highest BCUT2D eigenvalue weighted by Gasteiger charge is 2.50. The van der Waals surface area contributed by atoms with Crippen LogP contribution in [-0.4, -0.2) is 27.8 Å². The van der Waals surface area contributed by atoms with Crippen LogP contribution < -0.4 is 10.7 Å². The van der Waals surface area contributed by atoms with E-state index < -0.39 is 23.4 Å². The summed E-state index contributed by atoms with van der Waals surface area (Å²) in [5.74, 6) is -1.01. The highest BCUT2D eigenvalue weighted by Crippen LogP contribution is 2.30. The van der Waals surface area contributed by atoms with Crippen molar-refractivity contribution in [1.29, 1.82) is 0 Å². The van der Waals surface area contributed by atoms with Crippen LogP contribution in [0.15, 0.2) is 48.5 Å². The zero-order chi connectivity index (χ0) is 21.6. The minimum atomic E-state index is -1.23. The van der Waals surface area contributed by atoms with E-state index in [1.54, 1.807) is 37.3 Å². The molecule has 0 radical (unpaired) electrons. The molecule has 0 saturated carbocycles. The van der Waals surface area contributed by atoms with Gasteiger partial charge in [0.05, 0.1) is 0 Å². The average molecular weight is 416 g/mol. The number of nitrogens with one attached hydrogen (secondary N) is 3. The molecule has 7 nitrogen and oxygen atoms in total. The van der Waals surface area contributed by atoms with E-state index in [2.05, 4.69) is 15.7 Å². The van der Waals surface area contributed by atoms with Gasteiger partial charge in [0.2, 0.25) is 0 Å². The Hall–Kier alpha value is -3.61. The number of H-pyrrole nitrogens is 1. The van der Waals surface area contributed by atoms with Gasteiger partial charge >= 0.3 is 6.03 Å². The molecule has 7 heteroatoms.